The van der Waals surface area contributed by atoms with Crippen LogP contribution in [0.25, 0.3) is 11.0 Å². The Labute approximate surface area is 169 Å². The lowest BCUT2D eigenvalue weighted by molar-refractivity contribution is -0.149. The number of aromatic nitrogens is 2. The first kappa shape index (κ1) is 19.1. The minimum Gasteiger partial charge on any atom is -0.459 e. The second-order valence-corrected chi connectivity index (χ2v) is 7.28. The molecule has 1 aliphatic rings. The van der Waals surface area contributed by atoms with Crippen molar-refractivity contribution in [3.05, 3.63) is 65.5 Å². The predicted molar refractivity (Wildman–Crippen MR) is 110 cm³/mol. The van der Waals surface area contributed by atoms with Crippen molar-refractivity contribution in [2.75, 3.05) is 11.4 Å². The topological polar surface area (TPSA) is 72.4 Å². The van der Waals surface area contributed by atoms with Gasteiger partial charge in [-0.05, 0) is 43.2 Å². The molecular formula is C23H23N3O3. The Morgan fingerprint density at radius 2 is 1.79 bits per heavy atom. The molecule has 0 bridgehead atoms. The molecule has 6 nitrogen and oxygen atoms in total. The number of para-hydroxylation sites is 2. The van der Waals surface area contributed by atoms with Crippen molar-refractivity contribution < 1.29 is 14.3 Å². The number of hydrogen-bond donors (Lipinski definition) is 0. The number of fused-ring (bicyclic) bond motifs is 1. The summed E-state index contributed by atoms with van der Waals surface area (Å²) in [4.78, 5) is 35.7. The third-order valence-electron chi connectivity index (χ3n) is 5.31. The van der Waals surface area contributed by atoms with Gasteiger partial charge >= 0.3 is 5.97 Å². The first-order chi connectivity index (χ1) is 14.0. The maximum absolute atomic E-state index is 12.6. The zero-order valence-electron chi connectivity index (χ0n) is 16.6. The number of aryl methyl sites for hydroxylation is 2. The fourth-order valence-electron chi connectivity index (χ4n) is 3.55. The van der Waals surface area contributed by atoms with Crippen LogP contribution in [-0.2, 0) is 27.4 Å². The summed E-state index contributed by atoms with van der Waals surface area (Å²) in [6.45, 7) is 4.33. The quantitative estimate of drug-likeness (QED) is 0.624. The molecule has 0 saturated carbocycles. The molecule has 0 spiro atoms. The first-order valence-electron chi connectivity index (χ1n) is 9.83. The number of carbonyl (C=O) groups excluding carboxylic acids is 2. The standard InChI is InChI=1S/C23H23N3O3/c1-3-16-8-10-18(11-9-16)26-13-17(12-22(26)27)23(28)29-14-21-15(2)24-19-6-4-5-7-20(19)25-21/h4-11,17H,3,12-14H2,1-2H3/t17-/m1/s1. The number of benzene rings is 2. The van der Waals surface area contributed by atoms with E-state index >= 15 is 0 Å². The lowest BCUT2D eigenvalue weighted by Gasteiger charge is -2.17. The van der Waals surface area contributed by atoms with Crippen LogP contribution >= 0.6 is 0 Å². The highest BCUT2D eigenvalue weighted by molar-refractivity contribution is 5.99. The van der Waals surface area contributed by atoms with Crippen LogP contribution in [0.4, 0.5) is 5.69 Å². The highest BCUT2D eigenvalue weighted by Gasteiger charge is 2.36. The molecule has 1 fully saturated rings. The van der Waals surface area contributed by atoms with E-state index in [0.717, 1.165) is 28.8 Å². The number of nitrogens with zero attached hydrogens (tertiary/aromatic N) is 3. The molecule has 3 aromatic rings. The summed E-state index contributed by atoms with van der Waals surface area (Å²) >= 11 is 0. The minimum atomic E-state index is -0.470. The molecule has 0 N–H and O–H groups in total. The fraction of sp³-hybridized carbons (Fsp3) is 0.304. The van der Waals surface area contributed by atoms with Crippen LogP contribution in [0.5, 0.6) is 0 Å². The van der Waals surface area contributed by atoms with Crippen molar-refractivity contribution in [1.29, 1.82) is 0 Å². The number of hydrogen-bond acceptors (Lipinski definition) is 5. The summed E-state index contributed by atoms with van der Waals surface area (Å²) in [6, 6.07) is 15.5. The van der Waals surface area contributed by atoms with Crippen molar-refractivity contribution in [3.63, 3.8) is 0 Å². The van der Waals surface area contributed by atoms with Crippen molar-refractivity contribution in [2.45, 2.75) is 33.3 Å². The lowest BCUT2D eigenvalue weighted by Crippen LogP contribution is -2.26. The van der Waals surface area contributed by atoms with E-state index in [9.17, 15) is 9.59 Å². The zero-order chi connectivity index (χ0) is 20.4. The van der Waals surface area contributed by atoms with Crippen LogP contribution in [0.1, 0.15) is 30.3 Å². The van der Waals surface area contributed by atoms with Gasteiger partial charge in [0, 0.05) is 18.7 Å². The van der Waals surface area contributed by atoms with E-state index in [1.165, 1.54) is 5.56 Å². The average Bonchev–Trinajstić information content (AvgIpc) is 3.13. The van der Waals surface area contributed by atoms with Gasteiger partial charge in [-0.2, -0.15) is 0 Å². The molecule has 0 radical (unpaired) electrons. The van der Waals surface area contributed by atoms with Crippen LogP contribution < -0.4 is 4.90 Å². The molecule has 4 rings (SSSR count). The van der Waals surface area contributed by atoms with Gasteiger partial charge in [-0.15, -0.1) is 0 Å². The van der Waals surface area contributed by atoms with Crippen molar-refractivity contribution in [1.82, 2.24) is 9.97 Å². The highest BCUT2D eigenvalue weighted by Crippen LogP contribution is 2.26. The van der Waals surface area contributed by atoms with Gasteiger partial charge < -0.3 is 9.64 Å². The van der Waals surface area contributed by atoms with E-state index in [0.29, 0.717) is 12.2 Å². The van der Waals surface area contributed by atoms with E-state index < -0.39 is 5.92 Å². The van der Waals surface area contributed by atoms with E-state index in [1.54, 1.807) is 4.90 Å². The summed E-state index contributed by atoms with van der Waals surface area (Å²) in [5, 5.41) is 0. The zero-order valence-corrected chi connectivity index (χ0v) is 16.6. The third kappa shape index (κ3) is 3.97. The average molecular weight is 389 g/mol. The molecule has 6 heteroatoms. The Morgan fingerprint density at radius 3 is 2.48 bits per heavy atom. The van der Waals surface area contributed by atoms with Gasteiger partial charge in [0.05, 0.1) is 28.3 Å². The number of ether oxygens (including phenoxy) is 1. The molecule has 0 aliphatic carbocycles. The smallest absolute Gasteiger partial charge is 0.311 e. The van der Waals surface area contributed by atoms with Crippen LogP contribution in [0.2, 0.25) is 0 Å². The molecule has 29 heavy (non-hydrogen) atoms. The van der Waals surface area contributed by atoms with Crippen molar-refractivity contribution in [2.24, 2.45) is 5.92 Å². The van der Waals surface area contributed by atoms with Gasteiger partial charge in [-0.1, -0.05) is 31.2 Å². The monoisotopic (exact) mass is 389 g/mol. The first-order valence-corrected chi connectivity index (χ1v) is 9.83. The molecular weight excluding hydrogens is 366 g/mol. The molecule has 1 atom stereocenters. The number of anilines is 1. The molecule has 1 aromatic heterocycles. The Bertz CT molecular complexity index is 1060. The second kappa shape index (κ2) is 7.99. The number of esters is 1. The molecule has 0 unspecified atom stereocenters. The lowest BCUT2D eigenvalue weighted by atomic mass is 10.1. The molecule has 148 valence electrons. The second-order valence-electron chi connectivity index (χ2n) is 7.28. The summed E-state index contributed by atoms with van der Waals surface area (Å²) in [5.74, 6) is -0.902. The molecule has 2 heterocycles. The van der Waals surface area contributed by atoms with Gasteiger partial charge in [-0.3, -0.25) is 9.59 Å². The maximum Gasteiger partial charge on any atom is 0.311 e. The fourth-order valence-corrected chi connectivity index (χ4v) is 3.55. The number of rotatable bonds is 5. The van der Waals surface area contributed by atoms with Gasteiger partial charge in [-0.25, -0.2) is 9.97 Å². The summed E-state index contributed by atoms with van der Waals surface area (Å²) in [6.07, 6.45) is 1.11. The van der Waals surface area contributed by atoms with Crippen LogP contribution in [0, 0.1) is 12.8 Å². The maximum atomic E-state index is 12.6. The van der Waals surface area contributed by atoms with E-state index in [4.69, 9.17) is 4.74 Å². The van der Waals surface area contributed by atoms with Gasteiger partial charge in [0.25, 0.3) is 0 Å². The van der Waals surface area contributed by atoms with Gasteiger partial charge in [0.2, 0.25) is 5.91 Å². The van der Waals surface area contributed by atoms with Crippen molar-refractivity contribution >= 4 is 28.6 Å². The van der Waals surface area contributed by atoms with Crippen molar-refractivity contribution in [3.8, 4) is 0 Å². The van der Waals surface area contributed by atoms with E-state index in [1.807, 2.05) is 55.5 Å². The Balaban J connectivity index is 1.41. The Kier molecular flexibility index (Phi) is 5.25. The molecule has 1 amide bonds. The normalized spacial score (nSPS) is 16.4. The molecule has 1 aliphatic heterocycles. The van der Waals surface area contributed by atoms with Crippen LogP contribution in [0.15, 0.2) is 48.5 Å². The van der Waals surface area contributed by atoms with E-state index in [2.05, 4.69) is 16.9 Å². The molecule has 1 saturated heterocycles. The predicted octanol–water partition coefficient (Wildman–Crippen LogP) is 3.60. The largest absolute Gasteiger partial charge is 0.459 e. The SMILES string of the molecule is CCc1ccc(N2C[C@H](C(=O)OCc3nc4ccccc4nc3C)CC2=O)cc1. The van der Waals surface area contributed by atoms with Crippen LogP contribution in [-0.4, -0.2) is 28.4 Å². The summed E-state index contributed by atoms with van der Waals surface area (Å²) in [5.41, 5.74) is 4.97. The van der Waals surface area contributed by atoms with E-state index in [-0.39, 0.29) is 24.9 Å². The highest BCUT2D eigenvalue weighted by atomic mass is 16.5. The van der Waals surface area contributed by atoms with Crippen LogP contribution in [0.3, 0.4) is 0 Å². The number of amides is 1. The third-order valence-corrected chi connectivity index (χ3v) is 5.31. The number of carbonyl (C=O) groups is 2. The summed E-state index contributed by atoms with van der Waals surface area (Å²) < 4.78 is 5.49. The summed E-state index contributed by atoms with van der Waals surface area (Å²) in [7, 11) is 0. The van der Waals surface area contributed by atoms with Gasteiger partial charge in [0.15, 0.2) is 0 Å². The molecule has 2 aromatic carbocycles. The van der Waals surface area contributed by atoms with Gasteiger partial charge in [0.1, 0.15) is 6.61 Å². The Hall–Kier alpha value is -3.28. The minimum absolute atomic E-state index is 0.0540. The Morgan fingerprint density at radius 1 is 1.10 bits per heavy atom.